The smallest absolute Gasteiger partial charge is 0.163 e. The van der Waals surface area contributed by atoms with Crippen LogP contribution in [0.3, 0.4) is 0 Å². The Labute approximate surface area is 61.6 Å². The molecular weight excluding hydrogens is 128 g/mol. The second-order valence-corrected chi connectivity index (χ2v) is 2.72. The predicted octanol–water partition coefficient (Wildman–Crippen LogP) is 1.53. The summed E-state index contributed by atoms with van der Waals surface area (Å²) in [5, 5.41) is 0. The van der Waals surface area contributed by atoms with Gasteiger partial charge in [-0.1, -0.05) is 19.8 Å². The second-order valence-electron chi connectivity index (χ2n) is 2.72. The molecule has 1 heterocycles. The maximum absolute atomic E-state index is 11.0. The van der Waals surface area contributed by atoms with Gasteiger partial charge in [-0.15, -0.1) is 0 Å². The van der Waals surface area contributed by atoms with Crippen LogP contribution in [-0.2, 0) is 9.53 Å². The molecule has 2 nitrogen and oxygen atoms in total. The Morgan fingerprint density at radius 1 is 1.70 bits per heavy atom. The SMILES string of the molecule is CCCCC1OCCC1=O. The van der Waals surface area contributed by atoms with E-state index in [0.717, 1.165) is 19.3 Å². The molecule has 0 saturated carbocycles. The lowest BCUT2D eigenvalue weighted by Gasteiger charge is -2.04. The first-order chi connectivity index (χ1) is 4.84. The lowest BCUT2D eigenvalue weighted by atomic mass is 10.1. The molecule has 0 radical (unpaired) electrons. The normalized spacial score (nSPS) is 25.7. The fraction of sp³-hybridized carbons (Fsp3) is 0.875. The van der Waals surface area contributed by atoms with Crippen LogP contribution in [0.5, 0.6) is 0 Å². The van der Waals surface area contributed by atoms with Crippen molar-refractivity contribution in [3.8, 4) is 0 Å². The first kappa shape index (κ1) is 7.73. The van der Waals surface area contributed by atoms with Crippen LogP contribution in [0, 0.1) is 0 Å². The van der Waals surface area contributed by atoms with Crippen molar-refractivity contribution in [2.75, 3.05) is 6.61 Å². The quantitative estimate of drug-likeness (QED) is 0.597. The lowest BCUT2D eigenvalue weighted by molar-refractivity contribution is -0.122. The first-order valence-electron chi connectivity index (χ1n) is 3.99. The van der Waals surface area contributed by atoms with E-state index >= 15 is 0 Å². The van der Waals surface area contributed by atoms with Gasteiger partial charge in [0.15, 0.2) is 5.78 Å². The molecule has 0 amide bonds. The van der Waals surface area contributed by atoms with Gasteiger partial charge in [0.2, 0.25) is 0 Å². The summed E-state index contributed by atoms with van der Waals surface area (Å²) in [4.78, 5) is 11.0. The van der Waals surface area contributed by atoms with Crippen molar-refractivity contribution >= 4 is 5.78 Å². The molecule has 1 aliphatic heterocycles. The third kappa shape index (κ3) is 1.81. The van der Waals surface area contributed by atoms with E-state index in [9.17, 15) is 4.79 Å². The highest BCUT2D eigenvalue weighted by Gasteiger charge is 2.23. The van der Waals surface area contributed by atoms with E-state index in [2.05, 4.69) is 6.92 Å². The average Bonchev–Trinajstić information content (AvgIpc) is 2.31. The number of Topliss-reactive ketones (excluding diaryl/α,β-unsaturated/α-hetero) is 1. The van der Waals surface area contributed by atoms with Crippen molar-refractivity contribution in [3.63, 3.8) is 0 Å². The van der Waals surface area contributed by atoms with Crippen LogP contribution in [0.25, 0.3) is 0 Å². The van der Waals surface area contributed by atoms with Crippen LogP contribution >= 0.6 is 0 Å². The minimum absolute atomic E-state index is 0.0556. The van der Waals surface area contributed by atoms with E-state index in [0.29, 0.717) is 18.8 Å². The summed E-state index contributed by atoms with van der Waals surface area (Å²) in [7, 11) is 0. The minimum atomic E-state index is -0.0556. The number of rotatable bonds is 3. The van der Waals surface area contributed by atoms with Gasteiger partial charge >= 0.3 is 0 Å². The largest absolute Gasteiger partial charge is 0.370 e. The van der Waals surface area contributed by atoms with Gasteiger partial charge in [-0.25, -0.2) is 0 Å². The molecule has 10 heavy (non-hydrogen) atoms. The zero-order valence-corrected chi connectivity index (χ0v) is 6.43. The summed E-state index contributed by atoms with van der Waals surface area (Å²) in [6.45, 7) is 2.77. The zero-order valence-electron chi connectivity index (χ0n) is 6.43. The van der Waals surface area contributed by atoms with Crippen LogP contribution in [0.4, 0.5) is 0 Å². The van der Waals surface area contributed by atoms with Gasteiger partial charge < -0.3 is 4.74 Å². The summed E-state index contributed by atoms with van der Waals surface area (Å²) in [6.07, 6.45) is 3.76. The summed E-state index contributed by atoms with van der Waals surface area (Å²) < 4.78 is 5.22. The van der Waals surface area contributed by atoms with E-state index < -0.39 is 0 Å². The lowest BCUT2D eigenvalue weighted by Crippen LogP contribution is -2.14. The molecule has 1 unspecified atom stereocenters. The number of hydrogen-bond acceptors (Lipinski definition) is 2. The van der Waals surface area contributed by atoms with E-state index in [1.54, 1.807) is 0 Å². The predicted molar refractivity (Wildman–Crippen MR) is 38.9 cm³/mol. The Bertz CT molecular complexity index is 120. The van der Waals surface area contributed by atoms with Crippen molar-refractivity contribution in [1.29, 1.82) is 0 Å². The molecular formula is C8H14O2. The van der Waals surface area contributed by atoms with Gasteiger partial charge in [0.05, 0.1) is 6.61 Å². The van der Waals surface area contributed by atoms with Crippen molar-refractivity contribution in [2.24, 2.45) is 0 Å². The highest BCUT2D eigenvalue weighted by molar-refractivity contribution is 5.84. The molecule has 0 aromatic heterocycles. The second kappa shape index (κ2) is 3.71. The maximum atomic E-state index is 11.0. The minimum Gasteiger partial charge on any atom is -0.370 e. The fourth-order valence-corrected chi connectivity index (χ4v) is 1.19. The molecule has 1 rings (SSSR count). The molecule has 0 N–H and O–H groups in total. The Hall–Kier alpha value is -0.370. The van der Waals surface area contributed by atoms with E-state index in [4.69, 9.17) is 4.74 Å². The number of ether oxygens (including phenoxy) is 1. The van der Waals surface area contributed by atoms with Crippen LogP contribution < -0.4 is 0 Å². The molecule has 0 aliphatic carbocycles. The van der Waals surface area contributed by atoms with Crippen molar-refractivity contribution < 1.29 is 9.53 Å². The highest BCUT2D eigenvalue weighted by Crippen LogP contribution is 2.13. The molecule has 0 bridgehead atoms. The summed E-state index contributed by atoms with van der Waals surface area (Å²) in [5.74, 6) is 0.299. The van der Waals surface area contributed by atoms with E-state index in [1.807, 2.05) is 0 Å². The number of carbonyl (C=O) groups excluding carboxylic acids is 1. The molecule has 0 aromatic rings. The van der Waals surface area contributed by atoms with Crippen molar-refractivity contribution in [1.82, 2.24) is 0 Å². The number of carbonyl (C=O) groups is 1. The number of ketones is 1. The monoisotopic (exact) mass is 142 g/mol. The molecule has 1 saturated heterocycles. The fourth-order valence-electron chi connectivity index (χ4n) is 1.19. The molecule has 1 fully saturated rings. The van der Waals surface area contributed by atoms with Crippen LogP contribution in [0.2, 0.25) is 0 Å². The molecule has 1 atom stereocenters. The van der Waals surface area contributed by atoms with E-state index in [-0.39, 0.29) is 6.10 Å². The zero-order chi connectivity index (χ0) is 7.40. The molecule has 0 spiro atoms. The van der Waals surface area contributed by atoms with Gasteiger partial charge in [-0.3, -0.25) is 4.79 Å². The van der Waals surface area contributed by atoms with Gasteiger partial charge in [0.1, 0.15) is 6.10 Å². The Balaban J connectivity index is 2.20. The number of unbranched alkanes of at least 4 members (excludes halogenated alkanes) is 1. The van der Waals surface area contributed by atoms with Gasteiger partial charge in [0.25, 0.3) is 0 Å². The molecule has 1 aliphatic rings. The standard InChI is InChI=1S/C8H14O2/c1-2-3-4-8-7(9)5-6-10-8/h8H,2-6H2,1H3. The Morgan fingerprint density at radius 3 is 3.00 bits per heavy atom. The maximum Gasteiger partial charge on any atom is 0.163 e. The molecule has 0 aromatic carbocycles. The summed E-state index contributed by atoms with van der Waals surface area (Å²) in [5.41, 5.74) is 0. The van der Waals surface area contributed by atoms with Gasteiger partial charge in [-0.2, -0.15) is 0 Å². The average molecular weight is 142 g/mol. The van der Waals surface area contributed by atoms with Gasteiger partial charge in [0, 0.05) is 6.42 Å². The summed E-state index contributed by atoms with van der Waals surface area (Å²) in [6, 6.07) is 0. The Kier molecular flexibility index (Phi) is 2.87. The van der Waals surface area contributed by atoms with Crippen LogP contribution in [-0.4, -0.2) is 18.5 Å². The van der Waals surface area contributed by atoms with E-state index in [1.165, 1.54) is 0 Å². The third-order valence-corrected chi connectivity index (χ3v) is 1.85. The first-order valence-corrected chi connectivity index (χ1v) is 3.99. The highest BCUT2D eigenvalue weighted by atomic mass is 16.5. The molecule has 2 heteroatoms. The third-order valence-electron chi connectivity index (χ3n) is 1.85. The number of hydrogen-bond donors (Lipinski definition) is 0. The van der Waals surface area contributed by atoms with Crippen molar-refractivity contribution in [2.45, 2.75) is 38.7 Å². The summed E-state index contributed by atoms with van der Waals surface area (Å²) >= 11 is 0. The topological polar surface area (TPSA) is 26.3 Å². The van der Waals surface area contributed by atoms with Gasteiger partial charge in [-0.05, 0) is 6.42 Å². The Morgan fingerprint density at radius 2 is 2.50 bits per heavy atom. The van der Waals surface area contributed by atoms with Crippen LogP contribution in [0.15, 0.2) is 0 Å². The van der Waals surface area contributed by atoms with Crippen molar-refractivity contribution in [3.05, 3.63) is 0 Å². The molecule has 58 valence electrons. The van der Waals surface area contributed by atoms with Crippen LogP contribution in [0.1, 0.15) is 32.6 Å².